The molecule has 2 saturated heterocycles. The van der Waals surface area contributed by atoms with E-state index < -0.39 is 0 Å². The summed E-state index contributed by atoms with van der Waals surface area (Å²) in [7, 11) is 0. The van der Waals surface area contributed by atoms with Gasteiger partial charge in [-0.05, 0) is 62.1 Å². The summed E-state index contributed by atoms with van der Waals surface area (Å²) in [5.74, 6) is 3.42. The van der Waals surface area contributed by atoms with Gasteiger partial charge in [-0.15, -0.1) is 0 Å². The van der Waals surface area contributed by atoms with Gasteiger partial charge in [0.05, 0.1) is 6.21 Å². The van der Waals surface area contributed by atoms with Crippen molar-refractivity contribution in [2.24, 2.45) is 5.10 Å². The number of ether oxygens (including phenoxy) is 2. The fourth-order valence-electron chi connectivity index (χ4n) is 4.24. The zero-order valence-corrected chi connectivity index (χ0v) is 21.7. The number of rotatable bonds is 10. The zero-order valence-electron chi connectivity index (χ0n) is 20.1. The van der Waals surface area contributed by atoms with Crippen molar-refractivity contribution in [2.45, 2.75) is 25.7 Å². The minimum Gasteiger partial charge on any atom is -0.490 e. The highest BCUT2D eigenvalue weighted by molar-refractivity contribution is 9.10. The molecule has 0 unspecified atom stereocenters. The minimum atomic E-state index is 0.417. The smallest absolute Gasteiger partial charge is 0.250 e. The summed E-state index contributed by atoms with van der Waals surface area (Å²) in [6.07, 6.45) is 6.38. The molecule has 188 valence electrons. The minimum absolute atomic E-state index is 0.417. The van der Waals surface area contributed by atoms with Crippen molar-refractivity contribution in [3.05, 3.63) is 58.6 Å². The van der Waals surface area contributed by atoms with Gasteiger partial charge >= 0.3 is 0 Å². The Morgan fingerprint density at radius 1 is 0.806 bits per heavy atom. The van der Waals surface area contributed by atoms with Crippen LogP contribution >= 0.6 is 15.9 Å². The average molecular weight is 552 g/mol. The van der Waals surface area contributed by atoms with E-state index in [0.29, 0.717) is 19.2 Å². The molecular weight excluding hydrogens is 522 g/mol. The highest BCUT2D eigenvalue weighted by Gasteiger charge is 2.21. The van der Waals surface area contributed by atoms with Crippen LogP contribution < -0.4 is 24.7 Å². The lowest BCUT2D eigenvalue weighted by molar-refractivity contribution is 0.217. The fraction of sp³-hybridized carbons (Fsp3) is 0.385. The van der Waals surface area contributed by atoms with Crippen LogP contribution in [0.1, 0.15) is 31.2 Å². The van der Waals surface area contributed by atoms with Gasteiger partial charge in [0.15, 0.2) is 0 Å². The number of benzene rings is 2. The maximum Gasteiger partial charge on any atom is 0.250 e. The maximum absolute atomic E-state index is 5.95. The molecule has 2 aliphatic heterocycles. The predicted molar refractivity (Wildman–Crippen MR) is 146 cm³/mol. The van der Waals surface area contributed by atoms with E-state index in [9.17, 15) is 0 Å². The third kappa shape index (κ3) is 6.42. The van der Waals surface area contributed by atoms with E-state index in [-0.39, 0.29) is 0 Å². The van der Waals surface area contributed by atoms with Gasteiger partial charge in [-0.3, -0.25) is 0 Å². The zero-order chi connectivity index (χ0) is 24.6. The monoisotopic (exact) mass is 551 g/mol. The summed E-state index contributed by atoms with van der Waals surface area (Å²) in [4.78, 5) is 18.5. The van der Waals surface area contributed by atoms with Gasteiger partial charge in [0.1, 0.15) is 24.7 Å². The Bertz CT molecular complexity index is 1130. The maximum atomic E-state index is 5.95. The molecule has 10 heteroatoms. The van der Waals surface area contributed by atoms with Gasteiger partial charge in [-0.25, -0.2) is 5.43 Å². The number of aromatic nitrogens is 3. The average Bonchev–Trinajstić information content (AvgIpc) is 3.64. The second-order valence-corrected chi connectivity index (χ2v) is 9.62. The van der Waals surface area contributed by atoms with Crippen molar-refractivity contribution in [3.63, 3.8) is 0 Å². The molecule has 9 nitrogen and oxygen atoms in total. The summed E-state index contributed by atoms with van der Waals surface area (Å²) in [6, 6.07) is 15.5. The van der Waals surface area contributed by atoms with Gasteiger partial charge in [0, 0.05) is 36.2 Å². The van der Waals surface area contributed by atoms with Crippen molar-refractivity contribution in [1.29, 1.82) is 0 Å². The first-order chi connectivity index (χ1) is 17.7. The Kier molecular flexibility index (Phi) is 8.12. The normalized spacial score (nSPS) is 15.6. The number of hydrazone groups is 1. The van der Waals surface area contributed by atoms with Gasteiger partial charge in [-0.1, -0.05) is 28.1 Å². The Morgan fingerprint density at radius 3 is 2.08 bits per heavy atom. The van der Waals surface area contributed by atoms with Gasteiger partial charge in [0.2, 0.25) is 17.8 Å². The van der Waals surface area contributed by atoms with Gasteiger partial charge in [0.25, 0.3) is 0 Å². The summed E-state index contributed by atoms with van der Waals surface area (Å²) < 4.78 is 12.7. The topological polar surface area (TPSA) is 88.0 Å². The number of nitrogens with zero attached hydrogens (tertiary/aromatic N) is 6. The van der Waals surface area contributed by atoms with Crippen molar-refractivity contribution in [1.82, 2.24) is 15.0 Å². The Labute approximate surface area is 219 Å². The first kappa shape index (κ1) is 24.3. The highest BCUT2D eigenvalue weighted by Crippen LogP contribution is 2.23. The summed E-state index contributed by atoms with van der Waals surface area (Å²) in [5, 5.41) is 4.41. The van der Waals surface area contributed by atoms with Crippen LogP contribution in [0.25, 0.3) is 0 Å². The van der Waals surface area contributed by atoms with E-state index in [0.717, 1.165) is 85.3 Å². The second kappa shape index (κ2) is 12.0. The van der Waals surface area contributed by atoms with Crippen LogP contribution in [0, 0.1) is 0 Å². The number of nitrogens with one attached hydrogen (secondary N) is 1. The summed E-state index contributed by atoms with van der Waals surface area (Å²) >= 11 is 3.43. The van der Waals surface area contributed by atoms with Crippen LogP contribution in [0.4, 0.5) is 17.8 Å². The van der Waals surface area contributed by atoms with Crippen LogP contribution in [-0.4, -0.2) is 60.6 Å². The number of hydrogen-bond acceptors (Lipinski definition) is 9. The predicted octanol–water partition coefficient (Wildman–Crippen LogP) is 4.74. The van der Waals surface area contributed by atoms with Crippen molar-refractivity contribution in [2.75, 3.05) is 54.6 Å². The molecule has 2 aliphatic rings. The van der Waals surface area contributed by atoms with Gasteiger partial charge in [-0.2, -0.15) is 20.1 Å². The summed E-state index contributed by atoms with van der Waals surface area (Å²) in [5.41, 5.74) is 3.86. The van der Waals surface area contributed by atoms with Crippen LogP contribution in [-0.2, 0) is 0 Å². The standard InChI is InChI=1S/C26H30BrN7O2/c27-21-9-11-22(12-10-21)35-17-18-36-23-8-2-1-7-20(23)19-28-32-24-29-25(33-13-3-4-14-33)31-26(30-24)34-15-5-6-16-34/h1-2,7-12,19H,3-6,13-18H2,(H,29,30,31,32)/b28-19-. The molecule has 1 aromatic heterocycles. The molecule has 3 aromatic rings. The largest absolute Gasteiger partial charge is 0.490 e. The Hall–Kier alpha value is -3.40. The van der Waals surface area contributed by atoms with Crippen molar-refractivity contribution < 1.29 is 9.47 Å². The Balaban J connectivity index is 1.22. The molecule has 2 aromatic carbocycles. The second-order valence-electron chi connectivity index (χ2n) is 8.71. The molecule has 0 atom stereocenters. The fourth-order valence-corrected chi connectivity index (χ4v) is 4.51. The molecule has 0 spiro atoms. The lowest BCUT2D eigenvalue weighted by Crippen LogP contribution is -2.25. The summed E-state index contributed by atoms with van der Waals surface area (Å²) in [6.45, 7) is 4.75. The van der Waals surface area contributed by atoms with Crippen LogP contribution in [0.2, 0.25) is 0 Å². The molecule has 5 rings (SSSR count). The first-order valence-corrected chi connectivity index (χ1v) is 13.2. The number of hydrogen-bond donors (Lipinski definition) is 1. The Morgan fingerprint density at radius 2 is 1.42 bits per heavy atom. The molecule has 3 heterocycles. The molecule has 0 bridgehead atoms. The van der Waals surface area contributed by atoms with E-state index in [1.54, 1.807) is 6.21 Å². The van der Waals surface area contributed by atoms with Crippen LogP contribution in [0.15, 0.2) is 58.1 Å². The van der Waals surface area contributed by atoms with E-state index in [2.05, 4.69) is 46.2 Å². The molecular formula is C26H30BrN7O2. The number of anilines is 3. The van der Waals surface area contributed by atoms with Crippen LogP contribution in [0.3, 0.4) is 0 Å². The molecule has 36 heavy (non-hydrogen) atoms. The van der Waals surface area contributed by atoms with E-state index in [1.807, 2.05) is 48.5 Å². The first-order valence-electron chi connectivity index (χ1n) is 12.4. The molecule has 2 fully saturated rings. The number of para-hydroxylation sites is 1. The number of halogens is 1. The molecule has 0 saturated carbocycles. The molecule has 0 aliphatic carbocycles. The SMILES string of the molecule is Brc1ccc(OCCOc2ccccc2/C=N\Nc2nc(N3CCCC3)nc(N3CCCC3)n2)cc1. The third-order valence-electron chi connectivity index (χ3n) is 6.10. The quantitative estimate of drug-likeness (QED) is 0.219. The van der Waals surface area contributed by atoms with Crippen molar-refractivity contribution in [3.8, 4) is 11.5 Å². The molecule has 0 radical (unpaired) electrons. The lowest BCUT2D eigenvalue weighted by Gasteiger charge is -2.20. The van der Waals surface area contributed by atoms with E-state index >= 15 is 0 Å². The lowest BCUT2D eigenvalue weighted by atomic mass is 10.2. The molecule has 1 N–H and O–H groups in total. The van der Waals surface area contributed by atoms with E-state index in [4.69, 9.17) is 14.5 Å². The van der Waals surface area contributed by atoms with Gasteiger partial charge < -0.3 is 19.3 Å². The van der Waals surface area contributed by atoms with Crippen molar-refractivity contribution >= 4 is 40.0 Å². The van der Waals surface area contributed by atoms with Crippen LogP contribution in [0.5, 0.6) is 11.5 Å². The third-order valence-corrected chi connectivity index (χ3v) is 6.63. The van der Waals surface area contributed by atoms with E-state index in [1.165, 1.54) is 0 Å². The molecule has 0 amide bonds. The highest BCUT2D eigenvalue weighted by atomic mass is 79.9.